The Kier molecular flexibility index (Phi) is 5.35. The predicted octanol–water partition coefficient (Wildman–Crippen LogP) is 3.06. The lowest BCUT2D eigenvalue weighted by atomic mass is 9.73. The zero-order valence-electron chi connectivity index (χ0n) is 11.6. The lowest BCUT2D eigenvalue weighted by Crippen LogP contribution is -2.38. The van der Waals surface area contributed by atoms with Gasteiger partial charge < -0.3 is 10.2 Å². The van der Waals surface area contributed by atoms with E-state index in [4.69, 9.17) is 0 Å². The fraction of sp³-hybridized carbons (Fsp3) is 1.00. The third-order valence-electron chi connectivity index (χ3n) is 5.35. The van der Waals surface area contributed by atoms with Crippen molar-refractivity contribution in [2.45, 2.75) is 51.4 Å². The molecule has 2 nitrogen and oxygen atoms in total. The Hall–Kier alpha value is 0.210. The number of rotatable bonds is 2. The summed E-state index contributed by atoms with van der Waals surface area (Å²) in [6.45, 7) is 6.69. The van der Waals surface area contributed by atoms with Crippen LogP contribution in [0.3, 0.4) is 0 Å². The first-order valence-corrected chi connectivity index (χ1v) is 7.79. The maximum atomic E-state index is 3.55. The normalized spacial score (nSPS) is 32.3. The highest BCUT2D eigenvalue weighted by atomic mass is 35.5. The van der Waals surface area contributed by atoms with E-state index in [9.17, 15) is 0 Å². The van der Waals surface area contributed by atoms with Crippen LogP contribution in [0.2, 0.25) is 0 Å². The smallest absolute Gasteiger partial charge is 0.00386 e. The van der Waals surface area contributed by atoms with Crippen LogP contribution in [0, 0.1) is 11.3 Å². The van der Waals surface area contributed by atoms with Crippen molar-refractivity contribution in [1.29, 1.82) is 0 Å². The van der Waals surface area contributed by atoms with Crippen LogP contribution >= 0.6 is 12.4 Å². The van der Waals surface area contributed by atoms with Gasteiger partial charge in [-0.15, -0.1) is 12.4 Å². The summed E-state index contributed by atoms with van der Waals surface area (Å²) < 4.78 is 0. The highest BCUT2D eigenvalue weighted by Crippen LogP contribution is 2.43. The molecule has 2 saturated heterocycles. The molecule has 0 aromatic heterocycles. The Morgan fingerprint density at radius 3 is 2.61 bits per heavy atom. The molecule has 1 spiro atoms. The lowest BCUT2D eigenvalue weighted by Gasteiger charge is -2.34. The van der Waals surface area contributed by atoms with E-state index in [0.717, 1.165) is 11.3 Å². The van der Waals surface area contributed by atoms with Crippen LogP contribution in [0.25, 0.3) is 0 Å². The Bertz CT molecular complexity index is 245. The average molecular weight is 273 g/mol. The van der Waals surface area contributed by atoms with Crippen molar-refractivity contribution < 1.29 is 0 Å². The average Bonchev–Trinajstić information content (AvgIpc) is 2.74. The van der Waals surface area contributed by atoms with Gasteiger partial charge in [0, 0.05) is 13.1 Å². The van der Waals surface area contributed by atoms with E-state index >= 15 is 0 Å². The molecule has 0 aromatic carbocycles. The maximum Gasteiger partial charge on any atom is 0.00386 e. The molecule has 3 heteroatoms. The molecule has 1 unspecified atom stereocenters. The SMILES string of the molecule is C1CCC2(CC1)CCN(CC1CCCNC1)C2.Cl. The van der Waals surface area contributed by atoms with Gasteiger partial charge in [-0.1, -0.05) is 19.3 Å². The van der Waals surface area contributed by atoms with Crippen molar-refractivity contribution in [3.05, 3.63) is 0 Å². The van der Waals surface area contributed by atoms with Crippen LogP contribution < -0.4 is 5.32 Å². The Balaban J connectivity index is 0.00000120. The van der Waals surface area contributed by atoms with Gasteiger partial charge in [-0.3, -0.25) is 0 Å². The van der Waals surface area contributed by atoms with E-state index in [1.165, 1.54) is 84.1 Å². The van der Waals surface area contributed by atoms with E-state index < -0.39 is 0 Å². The standard InChI is InChI=1S/C15H28N2.ClH/c1-2-6-15(7-3-1)8-10-17(13-15)12-14-5-4-9-16-11-14;/h14,16H,1-13H2;1H. The molecule has 2 heterocycles. The molecular weight excluding hydrogens is 244 g/mol. The van der Waals surface area contributed by atoms with Gasteiger partial charge in [-0.05, 0) is 63.1 Å². The number of hydrogen-bond donors (Lipinski definition) is 1. The van der Waals surface area contributed by atoms with Gasteiger partial charge >= 0.3 is 0 Å². The number of halogens is 1. The summed E-state index contributed by atoms with van der Waals surface area (Å²) in [6.07, 6.45) is 11.9. The van der Waals surface area contributed by atoms with Crippen LogP contribution in [0.4, 0.5) is 0 Å². The predicted molar refractivity (Wildman–Crippen MR) is 79.4 cm³/mol. The molecular formula is C15H29ClN2. The topological polar surface area (TPSA) is 15.3 Å². The number of hydrogen-bond acceptors (Lipinski definition) is 2. The summed E-state index contributed by atoms with van der Waals surface area (Å²) >= 11 is 0. The molecule has 0 amide bonds. The first-order chi connectivity index (χ1) is 8.36. The minimum Gasteiger partial charge on any atom is -0.316 e. The third kappa shape index (κ3) is 3.40. The minimum atomic E-state index is 0. The Labute approximate surface area is 118 Å². The largest absolute Gasteiger partial charge is 0.316 e. The second kappa shape index (κ2) is 6.58. The van der Waals surface area contributed by atoms with Gasteiger partial charge in [-0.2, -0.15) is 0 Å². The van der Waals surface area contributed by atoms with Gasteiger partial charge in [0.2, 0.25) is 0 Å². The van der Waals surface area contributed by atoms with E-state index in [0.29, 0.717) is 0 Å². The molecule has 0 radical (unpaired) electrons. The van der Waals surface area contributed by atoms with E-state index in [1.807, 2.05) is 0 Å². The molecule has 3 fully saturated rings. The molecule has 106 valence electrons. The zero-order chi connectivity index (χ0) is 11.6. The molecule has 1 aliphatic carbocycles. The quantitative estimate of drug-likeness (QED) is 0.831. The molecule has 0 bridgehead atoms. The van der Waals surface area contributed by atoms with Gasteiger partial charge in [0.1, 0.15) is 0 Å². The number of nitrogens with one attached hydrogen (secondary N) is 1. The van der Waals surface area contributed by atoms with Crippen molar-refractivity contribution in [3.63, 3.8) is 0 Å². The molecule has 2 aliphatic heterocycles. The fourth-order valence-corrected chi connectivity index (χ4v) is 4.34. The highest BCUT2D eigenvalue weighted by Gasteiger charge is 2.39. The van der Waals surface area contributed by atoms with Crippen molar-refractivity contribution in [2.75, 3.05) is 32.7 Å². The first kappa shape index (κ1) is 14.6. The summed E-state index contributed by atoms with van der Waals surface area (Å²) in [7, 11) is 0. The number of nitrogens with zero attached hydrogens (tertiary/aromatic N) is 1. The molecule has 1 saturated carbocycles. The van der Waals surface area contributed by atoms with Gasteiger partial charge in [0.05, 0.1) is 0 Å². The number of piperidine rings is 1. The van der Waals surface area contributed by atoms with E-state index in [2.05, 4.69) is 10.2 Å². The van der Waals surface area contributed by atoms with Crippen LogP contribution in [0.15, 0.2) is 0 Å². The zero-order valence-corrected chi connectivity index (χ0v) is 12.4. The molecule has 3 aliphatic rings. The molecule has 3 rings (SSSR count). The molecule has 18 heavy (non-hydrogen) atoms. The Morgan fingerprint density at radius 1 is 1.06 bits per heavy atom. The minimum absolute atomic E-state index is 0. The highest BCUT2D eigenvalue weighted by molar-refractivity contribution is 5.85. The van der Waals surface area contributed by atoms with Crippen molar-refractivity contribution in [3.8, 4) is 0 Å². The van der Waals surface area contributed by atoms with Crippen molar-refractivity contribution in [2.24, 2.45) is 11.3 Å². The second-order valence-electron chi connectivity index (χ2n) is 6.76. The van der Waals surface area contributed by atoms with Crippen LogP contribution in [-0.2, 0) is 0 Å². The van der Waals surface area contributed by atoms with Gasteiger partial charge in [0.15, 0.2) is 0 Å². The van der Waals surface area contributed by atoms with Crippen molar-refractivity contribution in [1.82, 2.24) is 10.2 Å². The Morgan fingerprint density at radius 2 is 1.89 bits per heavy atom. The van der Waals surface area contributed by atoms with Crippen molar-refractivity contribution >= 4 is 12.4 Å². The van der Waals surface area contributed by atoms with E-state index in [-0.39, 0.29) is 12.4 Å². The molecule has 0 aromatic rings. The fourth-order valence-electron chi connectivity index (χ4n) is 4.34. The van der Waals surface area contributed by atoms with E-state index in [1.54, 1.807) is 0 Å². The first-order valence-electron chi connectivity index (χ1n) is 7.79. The van der Waals surface area contributed by atoms with Crippen LogP contribution in [0.5, 0.6) is 0 Å². The summed E-state index contributed by atoms with van der Waals surface area (Å²) in [4.78, 5) is 2.78. The summed E-state index contributed by atoms with van der Waals surface area (Å²) in [5, 5.41) is 3.55. The summed E-state index contributed by atoms with van der Waals surface area (Å²) in [5.74, 6) is 0.933. The lowest BCUT2D eigenvalue weighted by molar-refractivity contribution is 0.170. The summed E-state index contributed by atoms with van der Waals surface area (Å²) in [5.41, 5.74) is 0.750. The van der Waals surface area contributed by atoms with Crippen LogP contribution in [0.1, 0.15) is 51.4 Å². The monoisotopic (exact) mass is 272 g/mol. The van der Waals surface area contributed by atoms with Gasteiger partial charge in [-0.25, -0.2) is 0 Å². The number of likely N-dealkylation sites (tertiary alicyclic amines) is 1. The second-order valence-corrected chi connectivity index (χ2v) is 6.76. The summed E-state index contributed by atoms with van der Waals surface area (Å²) in [6, 6.07) is 0. The third-order valence-corrected chi connectivity index (χ3v) is 5.35. The maximum absolute atomic E-state index is 3.55. The molecule has 1 N–H and O–H groups in total. The van der Waals surface area contributed by atoms with Gasteiger partial charge in [0.25, 0.3) is 0 Å². The van der Waals surface area contributed by atoms with Crippen LogP contribution in [-0.4, -0.2) is 37.6 Å². The molecule has 1 atom stereocenters.